The number of nitrogens with one attached hydrogen (secondary N) is 1. The second kappa shape index (κ2) is 11.8. The van der Waals surface area contributed by atoms with E-state index in [1.54, 1.807) is 12.1 Å². The third kappa shape index (κ3) is 6.90. The minimum atomic E-state index is -0.134. The summed E-state index contributed by atoms with van der Waals surface area (Å²) in [6.45, 7) is 7.04. The average molecular weight is 453 g/mol. The number of ether oxygens (including phenoxy) is 1. The fourth-order valence-electron chi connectivity index (χ4n) is 3.16. The predicted molar refractivity (Wildman–Crippen MR) is 125 cm³/mol. The van der Waals surface area contributed by atoms with Gasteiger partial charge in [-0.15, -0.1) is 24.8 Å². The molecule has 0 aliphatic rings. The van der Waals surface area contributed by atoms with Crippen molar-refractivity contribution in [3.63, 3.8) is 0 Å². The number of hydrogen-bond acceptors (Lipinski definition) is 4. The standard InChI is InChI=1S/C22H28N4O2.2ClH/c1-15(2)9-18(11-23)25-22(27)17-5-4-6-20(10-17)28-14-19-13-26-12-16(3)7-8-21(26)24-19;;/h4-8,10,12-13,15,18H,9,11,14,23H2,1-3H3,(H,25,27);2*1H. The van der Waals surface area contributed by atoms with Crippen LogP contribution in [0.2, 0.25) is 0 Å². The number of carbonyl (C=O) groups is 1. The number of fused-ring (bicyclic) bond motifs is 1. The molecule has 6 nitrogen and oxygen atoms in total. The number of amides is 1. The number of hydrogen-bond donors (Lipinski definition) is 2. The Balaban J connectivity index is 0.00000225. The van der Waals surface area contributed by atoms with Gasteiger partial charge in [-0.05, 0) is 49.1 Å². The minimum Gasteiger partial charge on any atom is -0.487 e. The highest BCUT2D eigenvalue weighted by Crippen LogP contribution is 2.16. The quantitative estimate of drug-likeness (QED) is 0.537. The van der Waals surface area contributed by atoms with E-state index in [-0.39, 0.29) is 36.8 Å². The van der Waals surface area contributed by atoms with Gasteiger partial charge in [0.2, 0.25) is 0 Å². The Morgan fingerprint density at radius 3 is 2.67 bits per heavy atom. The lowest BCUT2D eigenvalue weighted by Crippen LogP contribution is -2.41. The zero-order chi connectivity index (χ0) is 20.1. The fourth-order valence-corrected chi connectivity index (χ4v) is 3.16. The van der Waals surface area contributed by atoms with E-state index in [0.29, 0.717) is 30.4 Å². The highest BCUT2D eigenvalue weighted by atomic mass is 35.5. The van der Waals surface area contributed by atoms with Gasteiger partial charge in [0.05, 0.1) is 5.69 Å². The number of nitrogens with two attached hydrogens (primary N) is 1. The summed E-state index contributed by atoms with van der Waals surface area (Å²) in [6.07, 6.45) is 4.84. The lowest BCUT2D eigenvalue weighted by atomic mass is 10.0. The summed E-state index contributed by atoms with van der Waals surface area (Å²) in [6, 6.07) is 11.2. The summed E-state index contributed by atoms with van der Waals surface area (Å²) in [4.78, 5) is 17.1. The number of imidazole rings is 1. The molecule has 0 spiro atoms. The van der Waals surface area contributed by atoms with E-state index in [9.17, 15) is 4.79 Å². The van der Waals surface area contributed by atoms with E-state index in [1.807, 2.05) is 48.0 Å². The molecule has 3 N–H and O–H groups in total. The summed E-state index contributed by atoms with van der Waals surface area (Å²) in [5.74, 6) is 0.969. The van der Waals surface area contributed by atoms with E-state index in [2.05, 4.69) is 24.1 Å². The number of rotatable bonds is 8. The molecule has 0 radical (unpaired) electrons. The van der Waals surface area contributed by atoms with E-state index in [4.69, 9.17) is 10.5 Å². The van der Waals surface area contributed by atoms with Gasteiger partial charge in [0.15, 0.2) is 0 Å². The molecule has 2 aromatic heterocycles. The van der Waals surface area contributed by atoms with Gasteiger partial charge in [0.1, 0.15) is 18.0 Å². The van der Waals surface area contributed by atoms with Crippen molar-refractivity contribution in [2.45, 2.75) is 39.8 Å². The van der Waals surface area contributed by atoms with E-state index >= 15 is 0 Å². The molecule has 0 fully saturated rings. The predicted octanol–water partition coefficient (Wildman–Crippen LogP) is 4.17. The Bertz CT molecular complexity index is 959. The molecule has 0 saturated heterocycles. The summed E-state index contributed by atoms with van der Waals surface area (Å²) in [7, 11) is 0. The highest BCUT2D eigenvalue weighted by molar-refractivity contribution is 5.94. The van der Waals surface area contributed by atoms with Gasteiger partial charge in [-0.25, -0.2) is 4.98 Å². The van der Waals surface area contributed by atoms with Crippen LogP contribution in [-0.2, 0) is 6.61 Å². The van der Waals surface area contributed by atoms with Crippen molar-refractivity contribution in [1.82, 2.24) is 14.7 Å². The zero-order valence-corrected chi connectivity index (χ0v) is 19.1. The number of benzene rings is 1. The molecule has 2 heterocycles. The van der Waals surface area contributed by atoms with Gasteiger partial charge in [0, 0.05) is 30.5 Å². The van der Waals surface area contributed by atoms with Crippen molar-refractivity contribution >= 4 is 36.4 Å². The van der Waals surface area contributed by atoms with E-state index in [0.717, 1.165) is 17.8 Å². The molecule has 1 aromatic carbocycles. The van der Waals surface area contributed by atoms with Crippen molar-refractivity contribution in [1.29, 1.82) is 0 Å². The Kier molecular flexibility index (Phi) is 10.1. The molecular weight excluding hydrogens is 423 g/mol. The highest BCUT2D eigenvalue weighted by Gasteiger charge is 2.14. The van der Waals surface area contributed by atoms with Crippen LogP contribution in [0, 0.1) is 12.8 Å². The molecule has 164 valence electrons. The number of aromatic nitrogens is 2. The van der Waals surface area contributed by atoms with Crippen molar-refractivity contribution in [2.24, 2.45) is 11.7 Å². The molecule has 8 heteroatoms. The van der Waals surface area contributed by atoms with E-state index < -0.39 is 0 Å². The summed E-state index contributed by atoms with van der Waals surface area (Å²) in [5, 5.41) is 3.00. The number of pyridine rings is 1. The molecular formula is C22H30Cl2N4O2. The molecule has 0 aliphatic heterocycles. The molecule has 3 rings (SSSR count). The third-order valence-corrected chi connectivity index (χ3v) is 4.51. The van der Waals surface area contributed by atoms with Gasteiger partial charge < -0.3 is 20.2 Å². The van der Waals surface area contributed by atoms with Crippen LogP contribution in [0.4, 0.5) is 0 Å². The van der Waals surface area contributed by atoms with Gasteiger partial charge in [-0.3, -0.25) is 4.79 Å². The lowest BCUT2D eigenvalue weighted by molar-refractivity contribution is 0.0933. The topological polar surface area (TPSA) is 81.6 Å². The summed E-state index contributed by atoms with van der Waals surface area (Å²) in [5.41, 5.74) is 9.23. The fraction of sp³-hybridized carbons (Fsp3) is 0.364. The molecule has 1 atom stereocenters. The van der Waals surface area contributed by atoms with Gasteiger partial charge in [-0.1, -0.05) is 26.0 Å². The maximum atomic E-state index is 12.5. The normalized spacial score (nSPS) is 11.5. The average Bonchev–Trinajstić information content (AvgIpc) is 3.07. The van der Waals surface area contributed by atoms with Crippen molar-refractivity contribution in [2.75, 3.05) is 6.54 Å². The van der Waals surface area contributed by atoms with Crippen LogP contribution in [0.25, 0.3) is 5.65 Å². The van der Waals surface area contributed by atoms with Crippen LogP contribution in [-0.4, -0.2) is 27.9 Å². The number of halogens is 2. The van der Waals surface area contributed by atoms with Crippen molar-refractivity contribution in [3.8, 4) is 5.75 Å². The Labute approximate surface area is 190 Å². The molecule has 3 aromatic rings. The lowest BCUT2D eigenvalue weighted by Gasteiger charge is -2.19. The molecule has 1 amide bonds. The van der Waals surface area contributed by atoms with Crippen LogP contribution in [0.15, 0.2) is 48.8 Å². The minimum absolute atomic E-state index is 0. The van der Waals surface area contributed by atoms with Crippen molar-refractivity contribution in [3.05, 3.63) is 65.6 Å². The molecule has 0 bridgehead atoms. The molecule has 30 heavy (non-hydrogen) atoms. The first-order chi connectivity index (χ1) is 13.4. The first-order valence-corrected chi connectivity index (χ1v) is 9.62. The molecule has 1 unspecified atom stereocenters. The number of aryl methyl sites for hydroxylation is 1. The monoisotopic (exact) mass is 452 g/mol. The van der Waals surface area contributed by atoms with E-state index in [1.165, 1.54) is 5.56 Å². The van der Waals surface area contributed by atoms with Crippen LogP contribution in [0.5, 0.6) is 5.75 Å². The second-order valence-corrected chi connectivity index (χ2v) is 7.56. The molecule has 0 aliphatic carbocycles. The summed E-state index contributed by atoms with van der Waals surface area (Å²) >= 11 is 0. The zero-order valence-electron chi connectivity index (χ0n) is 17.5. The van der Waals surface area contributed by atoms with Gasteiger partial charge in [-0.2, -0.15) is 0 Å². The SMILES string of the molecule is Cc1ccc2nc(COc3cccc(C(=O)NC(CN)CC(C)C)c3)cn2c1.Cl.Cl. The van der Waals surface area contributed by atoms with Crippen molar-refractivity contribution < 1.29 is 9.53 Å². The second-order valence-electron chi connectivity index (χ2n) is 7.56. The maximum Gasteiger partial charge on any atom is 0.251 e. The van der Waals surface area contributed by atoms with Crippen LogP contribution in [0.3, 0.4) is 0 Å². The Morgan fingerprint density at radius 2 is 1.97 bits per heavy atom. The van der Waals surface area contributed by atoms with Crippen LogP contribution < -0.4 is 15.8 Å². The maximum absolute atomic E-state index is 12.5. The number of carbonyl (C=O) groups excluding carboxylic acids is 1. The Morgan fingerprint density at radius 1 is 1.20 bits per heavy atom. The van der Waals surface area contributed by atoms with Gasteiger partial charge in [0.25, 0.3) is 5.91 Å². The smallest absolute Gasteiger partial charge is 0.251 e. The van der Waals surface area contributed by atoms with Crippen LogP contribution >= 0.6 is 24.8 Å². The summed E-state index contributed by atoms with van der Waals surface area (Å²) < 4.78 is 7.84. The first kappa shape index (κ1) is 25.8. The Hall–Kier alpha value is -2.28. The van der Waals surface area contributed by atoms with Gasteiger partial charge >= 0.3 is 0 Å². The third-order valence-electron chi connectivity index (χ3n) is 4.51. The van der Waals surface area contributed by atoms with Crippen LogP contribution in [0.1, 0.15) is 41.9 Å². The number of nitrogens with zero attached hydrogens (tertiary/aromatic N) is 2. The first-order valence-electron chi connectivity index (χ1n) is 9.62. The largest absolute Gasteiger partial charge is 0.487 e. The molecule has 0 saturated carbocycles.